The summed E-state index contributed by atoms with van der Waals surface area (Å²) < 4.78 is 5.53. The summed E-state index contributed by atoms with van der Waals surface area (Å²) in [5.41, 5.74) is 0. The summed E-state index contributed by atoms with van der Waals surface area (Å²) in [5, 5.41) is 14.2. The molecule has 2 amide bonds. The number of carboxylic acids is 1. The highest BCUT2D eigenvalue weighted by Crippen LogP contribution is 2.04. The Morgan fingerprint density at radius 1 is 1.45 bits per heavy atom. The molecule has 0 aromatic rings. The molecule has 7 heteroatoms. The van der Waals surface area contributed by atoms with Crippen LogP contribution in [0.1, 0.15) is 19.8 Å². The molecular weight excluding hydrogens is 262 g/mol. The van der Waals surface area contributed by atoms with E-state index in [9.17, 15) is 9.59 Å². The first-order chi connectivity index (χ1) is 9.49. The second-order valence-electron chi connectivity index (χ2n) is 5.27. The lowest BCUT2D eigenvalue weighted by Gasteiger charge is -2.30. The molecule has 0 spiro atoms. The summed E-state index contributed by atoms with van der Waals surface area (Å²) in [5.74, 6) is -1.17. The summed E-state index contributed by atoms with van der Waals surface area (Å²) in [6.45, 7) is 5.06. The number of nitrogens with zero attached hydrogens (tertiary/aromatic N) is 1. The van der Waals surface area contributed by atoms with Crippen LogP contribution in [0.5, 0.6) is 0 Å². The molecule has 1 saturated heterocycles. The van der Waals surface area contributed by atoms with E-state index < -0.39 is 5.97 Å². The average molecular weight is 287 g/mol. The van der Waals surface area contributed by atoms with Crippen LogP contribution in [0.15, 0.2) is 0 Å². The molecule has 1 heterocycles. The molecule has 0 aliphatic carbocycles. The molecule has 0 radical (unpaired) electrons. The Morgan fingerprint density at radius 3 is 2.85 bits per heavy atom. The SMILES string of the molecule is CC(CCCNC(=O)NCC1CN(C)CCO1)C(=O)O. The Labute approximate surface area is 119 Å². The van der Waals surface area contributed by atoms with Crippen LogP contribution in [0, 0.1) is 5.92 Å². The van der Waals surface area contributed by atoms with Crippen molar-refractivity contribution in [2.75, 3.05) is 39.8 Å². The molecule has 1 fully saturated rings. The van der Waals surface area contributed by atoms with Crippen molar-refractivity contribution in [1.29, 1.82) is 0 Å². The molecule has 0 bridgehead atoms. The van der Waals surface area contributed by atoms with Gasteiger partial charge in [-0.15, -0.1) is 0 Å². The highest BCUT2D eigenvalue weighted by Gasteiger charge is 2.18. The molecule has 3 N–H and O–H groups in total. The van der Waals surface area contributed by atoms with E-state index in [1.54, 1.807) is 6.92 Å². The van der Waals surface area contributed by atoms with E-state index in [4.69, 9.17) is 9.84 Å². The number of nitrogens with one attached hydrogen (secondary N) is 2. The lowest BCUT2D eigenvalue weighted by Crippen LogP contribution is -2.47. The molecule has 1 aliphatic rings. The van der Waals surface area contributed by atoms with Crippen LogP contribution >= 0.6 is 0 Å². The first-order valence-corrected chi connectivity index (χ1v) is 7.03. The summed E-state index contributed by atoms with van der Waals surface area (Å²) in [4.78, 5) is 24.3. The first kappa shape index (κ1) is 16.7. The van der Waals surface area contributed by atoms with E-state index in [-0.39, 0.29) is 18.1 Å². The lowest BCUT2D eigenvalue weighted by atomic mass is 10.1. The van der Waals surface area contributed by atoms with Crippen molar-refractivity contribution in [1.82, 2.24) is 15.5 Å². The van der Waals surface area contributed by atoms with Gasteiger partial charge in [0.25, 0.3) is 0 Å². The number of carboxylic acid groups (broad SMARTS) is 1. The fourth-order valence-corrected chi connectivity index (χ4v) is 1.99. The molecule has 0 aromatic carbocycles. The number of morpholine rings is 1. The minimum absolute atomic E-state index is 0.0338. The van der Waals surface area contributed by atoms with E-state index in [0.717, 1.165) is 13.1 Å². The Bertz CT molecular complexity index is 325. The number of rotatable bonds is 7. The van der Waals surface area contributed by atoms with Crippen molar-refractivity contribution in [3.8, 4) is 0 Å². The number of carbonyl (C=O) groups is 2. The number of hydrogen-bond acceptors (Lipinski definition) is 4. The third kappa shape index (κ3) is 6.72. The molecular formula is C13H25N3O4. The van der Waals surface area contributed by atoms with Crippen LogP contribution in [0.25, 0.3) is 0 Å². The van der Waals surface area contributed by atoms with Crippen molar-refractivity contribution in [2.24, 2.45) is 5.92 Å². The number of hydrogen-bond donors (Lipinski definition) is 3. The van der Waals surface area contributed by atoms with Gasteiger partial charge in [0, 0.05) is 26.2 Å². The predicted molar refractivity (Wildman–Crippen MR) is 74.7 cm³/mol. The number of amides is 2. The zero-order valence-corrected chi connectivity index (χ0v) is 12.2. The van der Waals surface area contributed by atoms with Gasteiger partial charge in [0.15, 0.2) is 0 Å². The molecule has 0 saturated carbocycles. The maximum atomic E-state index is 11.5. The van der Waals surface area contributed by atoms with Crippen LogP contribution in [0.3, 0.4) is 0 Å². The van der Waals surface area contributed by atoms with Gasteiger partial charge < -0.3 is 25.4 Å². The largest absolute Gasteiger partial charge is 0.481 e. The minimum atomic E-state index is -0.798. The maximum absolute atomic E-state index is 11.5. The van der Waals surface area contributed by atoms with Gasteiger partial charge in [-0.3, -0.25) is 4.79 Å². The number of likely N-dealkylation sites (N-methyl/N-ethyl adjacent to an activating group) is 1. The normalized spacial score (nSPS) is 21.2. The highest BCUT2D eigenvalue weighted by molar-refractivity contribution is 5.73. The molecule has 1 aliphatic heterocycles. The average Bonchev–Trinajstić information content (AvgIpc) is 2.41. The van der Waals surface area contributed by atoms with Crippen LogP contribution in [-0.2, 0) is 9.53 Å². The topological polar surface area (TPSA) is 90.9 Å². The van der Waals surface area contributed by atoms with Crippen molar-refractivity contribution < 1.29 is 19.4 Å². The fourth-order valence-electron chi connectivity index (χ4n) is 1.99. The second-order valence-corrected chi connectivity index (χ2v) is 5.27. The Balaban J connectivity index is 2.04. The van der Waals surface area contributed by atoms with Gasteiger partial charge in [0.2, 0.25) is 0 Å². The van der Waals surface area contributed by atoms with E-state index in [1.807, 2.05) is 7.05 Å². The first-order valence-electron chi connectivity index (χ1n) is 7.03. The summed E-state index contributed by atoms with van der Waals surface area (Å²) in [7, 11) is 2.03. The zero-order valence-electron chi connectivity index (χ0n) is 12.2. The second kappa shape index (κ2) is 8.76. The third-order valence-corrected chi connectivity index (χ3v) is 3.35. The molecule has 1 rings (SSSR count). The van der Waals surface area contributed by atoms with Gasteiger partial charge in [0.05, 0.1) is 18.6 Å². The van der Waals surface area contributed by atoms with Crippen LogP contribution in [0.2, 0.25) is 0 Å². The molecule has 2 unspecified atom stereocenters. The van der Waals surface area contributed by atoms with Gasteiger partial charge in [-0.05, 0) is 19.9 Å². The quantitative estimate of drug-likeness (QED) is 0.578. The van der Waals surface area contributed by atoms with Gasteiger partial charge in [0.1, 0.15) is 0 Å². The Hall–Kier alpha value is -1.34. The fraction of sp³-hybridized carbons (Fsp3) is 0.846. The lowest BCUT2D eigenvalue weighted by molar-refractivity contribution is -0.141. The number of urea groups is 1. The minimum Gasteiger partial charge on any atom is -0.481 e. The smallest absolute Gasteiger partial charge is 0.314 e. The van der Waals surface area contributed by atoms with Crippen molar-refractivity contribution in [2.45, 2.75) is 25.9 Å². The van der Waals surface area contributed by atoms with E-state index in [0.29, 0.717) is 32.5 Å². The summed E-state index contributed by atoms with van der Waals surface area (Å²) in [6.07, 6.45) is 1.25. The summed E-state index contributed by atoms with van der Waals surface area (Å²) >= 11 is 0. The third-order valence-electron chi connectivity index (χ3n) is 3.35. The van der Waals surface area contributed by atoms with Crippen LogP contribution in [-0.4, -0.2) is 67.9 Å². The monoisotopic (exact) mass is 287 g/mol. The maximum Gasteiger partial charge on any atom is 0.314 e. The molecule has 2 atom stereocenters. The highest BCUT2D eigenvalue weighted by atomic mass is 16.5. The van der Waals surface area contributed by atoms with Crippen LogP contribution < -0.4 is 10.6 Å². The molecule has 0 aromatic heterocycles. The number of aliphatic carboxylic acids is 1. The Kier molecular flexibility index (Phi) is 7.32. The molecule has 20 heavy (non-hydrogen) atoms. The standard InChI is InChI=1S/C13H25N3O4/c1-10(12(17)18)4-3-5-14-13(19)15-8-11-9-16(2)6-7-20-11/h10-11H,3-9H2,1-2H3,(H,17,18)(H2,14,15,19). The summed E-state index contributed by atoms with van der Waals surface area (Å²) in [6, 6.07) is -0.232. The zero-order chi connectivity index (χ0) is 15.0. The molecule has 7 nitrogen and oxygen atoms in total. The van der Waals surface area contributed by atoms with E-state index >= 15 is 0 Å². The number of carbonyl (C=O) groups excluding carboxylic acids is 1. The molecule has 116 valence electrons. The van der Waals surface area contributed by atoms with E-state index in [2.05, 4.69) is 15.5 Å². The van der Waals surface area contributed by atoms with Crippen LogP contribution in [0.4, 0.5) is 4.79 Å². The van der Waals surface area contributed by atoms with Gasteiger partial charge in [-0.2, -0.15) is 0 Å². The van der Waals surface area contributed by atoms with E-state index in [1.165, 1.54) is 0 Å². The number of ether oxygens (including phenoxy) is 1. The van der Waals surface area contributed by atoms with Crippen molar-refractivity contribution in [3.05, 3.63) is 0 Å². The van der Waals surface area contributed by atoms with Crippen molar-refractivity contribution in [3.63, 3.8) is 0 Å². The van der Waals surface area contributed by atoms with Gasteiger partial charge >= 0.3 is 12.0 Å². The predicted octanol–water partition coefficient (Wildman–Crippen LogP) is 0.117. The van der Waals surface area contributed by atoms with Crippen molar-refractivity contribution >= 4 is 12.0 Å². The Morgan fingerprint density at radius 2 is 2.20 bits per heavy atom. The van der Waals surface area contributed by atoms with Gasteiger partial charge in [-0.25, -0.2) is 4.79 Å². The van der Waals surface area contributed by atoms with Gasteiger partial charge in [-0.1, -0.05) is 6.92 Å².